The van der Waals surface area contributed by atoms with Crippen molar-refractivity contribution < 1.29 is 9.59 Å². The van der Waals surface area contributed by atoms with E-state index in [1.165, 1.54) is 19.3 Å². The molecule has 1 aromatic carbocycles. The van der Waals surface area contributed by atoms with Crippen LogP contribution in [0.5, 0.6) is 0 Å². The average Bonchev–Trinajstić information content (AvgIpc) is 2.67. The van der Waals surface area contributed by atoms with Crippen LogP contribution in [-0.4, -0.2) is 29.8 Å². The van der Waals surface area contributed by atoms with E-state index in [9.17, 15) is 9.59 Å². The molecule has 4 nitrogen and oxygen atoms in total. The van der Waals surface area contributed by atoms with Crippen molar-refractivity contribution in [1.29, 1.82) is 0 Å². The second-order valence-corrected chi connectivity index (χ2v) is 7.72. The van der Waals surface area contributed by atoms with Crippen LogP contribution in [-0.2, 0) is 16.1 Å². The number of nitrogens with zero attached hydrogens (tertiary/aromatic N) is 1. The molecule has 0 atom stereocenters. The summed E-state index contributed by atoms with van der Waals surface area (Å²) in [6.07, 6.45) is 7.25. The third-order valence-electron chi connectivity index (χ3n) is 5.51. The molecular weight excluding hydrogens is 336 g/mol. The van der Waals surface area contributed by atoms with E-state index in [0.29, 0.717) is 30.6 Å². The van der Waals surface area contributed by atoms with Crippen LogP contribution in [0.3, 0.4) is 0 Å². The molecule has 1 N–H and O–H groups in total. The maximum absolute atomic E-state index is 12.6. The molecule has 2 aliphatic rings. The predicted molar refractivity (Wildman–Crippen MR) is 99.2 cm³/mol. The highest BCUT2D eigenvalue weighted by Gasteiger charge is 2.31. The van der Waals surface area contributed by atoms with E-state index < -0.39 is 0 Å². The Hall–Kier alpha value is -1.55. The van der Waals surface area contributed by atoms with Crippen LogP contribution in [0.4, 0.5) is 0 Å². The Kier molecular flexibility index (Phi) is 6.35. The van der Waals surface area contributed by atoms with Crippen LogP contribution in [0.1, 0.15) is 50.5 Å². The molecule has 2 fully saturated rings. The predicted octanol–water partition coefficient (Wildman–Crippen LogP) is 3.78. The summed E-state index contributed by atoms with van der Waals surface area (Å²) in [5.41, 5.74) is 1.04. The van der Waals surface area contributed by atoms with Gasteiger partial charge in [0.15, 0.2) is 0 Å². The molecule has 136 valence electrons. The summed E-state index contributed by atoms with van der Waals surface area (Å²) in [4.78, 5) is 26.9. The number of piperidine rings is 1. The smallest absolute Gasteiger partial charge is 0.225 e. The fourth-order valence-electron chi connectivity index (χ4n) is 3.91. The molecule has 1 aromatic rings. The van der Waals surface area contributed by atoms with Crippen LogP contribution < -0.4 is 5.32 Å². The van der Waals surface area contributed by atoms with Crippen LogP contribution in [0.25, 0.3) is 0 Å². The van der Waals surface area contributed by atoms with E-state index >= 15 is 0 Å². The Labute approximate surface area is 154 Å². The lowest BCUT2D eigenvalue weighted by atomic mass is 9.87. The van der Waals surface area contributed by atoms with Gasteiger partial charge in [-0.15, -0.1) is 0 Å². The van der Waals surface area contributed by atoms with Gasteiger partial charge in [-0.2, -0.15) is 0 Å². The topological polar surface area (TPSA) is 49.4 Å². The number of hydrogen-bond acceptors (Lipinski definition) is 2. The van der Waals surface area contributed by atoms with Gasteiger partial charge in [-0.05, 0) is 43.4 Å². The first-order chi connectivity index (χ1) is 12.1. The average molecular weight is 363 g/mol. The van der Waals surface area contributed by atoms with Crippen LogP contribution in [0.2, 0.25) is 5.02 Å². The van der Waals surface area contributed by atoms with Gasteiger partial charge in [0.2, 0.25) is 11.8 Å². The highest BCUT2D eigenvalue weighted by molar-refractivity contribution is 6.30. The number of carbonyl (C=O) groups excluding carboxylic acids is 2. The Morgan fingerprint density at radius 1 is 0.960 bits per heavy atom. The summed E-state index contributed by atoms with van der Waals surface area (Å²) < 4.78 is 0. The van der Waals surface area contributed by atoms with E-state index in [1.807, 2.05) is 29.2 Å². The van der Waals surface area contributed by atoms with Gasteiger partial charge in [0.25, 0.3) is 0 Å². The highest BCUT2D eigenvalue weighted by Crippen LogP contribution is 2.27. The zero-order valence-electron chi connectivity index (χ0n) is 14.7. The second kappa shape index (κ2) is 8.70. The lowest BCUT2D eigenvalue weighted by Gasteiger charge is -2.34. The Morgan fingerprint density at radius 3 is 2.24 bits per heavy atom. The number of rotatable bonds is 4. The molecule has 1 saturated carbocycles. The van der Waals surface area contributed by atoms with Crippen molar-refractivity contribution in [2.24, 2.45) is 11.8 Å². The van der Waals surface area contributed by atoms with Gasteiger partial charge < -0.3 is 10.2 Å². The highest BCUT2D eigenvalue weighted by atomic mass is 35.5. The number of halogens is 1. The monoisotopic (exact) mass is 362 g/mol. The molecular formula is C20H27ClN2O2. The largest absolute Gasteiger partial charge is 0.352 e. The quantitative estimate of drug-likeness (QED) is 0.886. The van der Waals surface area contributed by atoms with Crippen molar-refractivity contribution in [2.45, 2.75) is 51.5 Å². The number of hydrogen-bond donors (Lipinski definition) is 1. The van der Waals surface area contributed by atoms with Crippen LogP contribution in [0.15, 0.2) is 24.3 Å². The maximum Gasteiger partial charge on any atom is 0.225 e. The number of carbonyl (C=O) groups is 2. The molecule has 2 amide bonds. The fourth-order valence-corrected chi connectivity index (χ4v) is 4.03. The molecule has 0 aromatic heterocycles. The van der Waals surface area contributed by atoms with Gasteiger partial charge in [0.1, 0.15) is 0 Å². The van der Waals surface area contributed by atoms with Crippen molar-refractivity contribution in [3.05, 3.63) is 34.9 Å². The summed E-state index contributed by atoms with van der Waals surface area (Å²) in [5.74, 6) is 0.658. The SMILES string of the molecule is O=C(NCc1ccc(Cl)cc1)C1CCN(C(=O)C2CCCCC2)CC1. The number of likely N-dealkylation sites (tertiary alicyclic amines) is 1. The zero-order valence-corrected chi connectivity index (χ0v) is 15.4. The first-order valence-corrected chi connectivity index (χ1v) is 9.82. The normalized spacial score (nSPS) is 19.6. The lowest BCUT2D eigenvalue weighted by Crippen LogP contribution is -2.45. The Balaban J connectivity index is 1.42. The zero-order chi connectivity index (χ0) is 17.6. The number of benzene rings is 1. The van der Waals surface area contributed by atoms with Crippen molar-refractivity contribution in [2.75, 3.05) is 13.1 Å². The summed E-state index contributed by atoms with van der Waals surface area (Å²) in [7, 11) is 0. The van der Waals surface area contributed by atoms with Crippen LogP contribution in [0, 0.1) is 11.8 Å². The third kappa shape index (κ3) is 4.97. The standard InChI is InChI=1S/C20H27ClN2O2/c21-18-8-6-15(7-9-18)14-22-19(24)16-10-12-23(13-11-16)20(25)17-4-2-1-3-5-17/h6-9,16-17H,1-5,10-14H2,(H,22,24). The summed E-state index contributed by atoms with van der Waals surface area (Å²) in [6.45, 7) is 1.96. The minimum absolute atomic E-state index is 0.0164. The molecule has 1 saturated heterocycles. The lowest BCUT2D eigenvalue weighted by molar-refractivity contribution is -0.140. The first kappa shape index (κ1) is 18.2. The van der Waals surface area contributed by atoms with E-state index in [1.54, 1.807) is 0 Å². The van der Waals surface area contributed by atoms with E-state index in [-0.39, 0.29) is 17.7 Å². The van der Waals surface area contributed by atoms with E-state index in [0.717, 1.165) is 31.2 Å². The van der Waals surface area contributed by atoms with Gasteiger partial charge in [-0.3, -0.25) is 9.59 Å². The summed E-state index contributed by atoms with van der Waals surface area (Å²) in [5, 5.41) is 3.71. The van der Waals surface area contributed by atoms with Crippen molar-refractivity contribution in [3.63, 3.8) is 0 Å². The minimum atomic E-state index is 0.0164. The number of amides is 2. The first-order valence-electron chi connectivity index (χ1n) is 9.44. The summed E-state index contributed by atoms with van der Waals surface area (Å²) >= 11 is 5.87. The molecule has 0 radical (unpaired) electrons. The molecule has 0 unspecified atom stereocenters. The van der Waals surface area contributed by atoms with Crippen molar-refractivity contribution in [3.8, 4) is 0 Å². The Bertz CT molecular complexity index is 588. The van der Waals surface area contributed by atoms with Gasteiger partial charge in [0, 0.05) is 36.5 Å². The Morgan fingerprint density at radius 2 is 1.60 bits per heavy atom. The minimum Gasteiger partial charge on any atom is -0.352 e. The van der Waals surface area contributed by atoms with Crippen LogP contribution >= 0.6 is 11.6 Å². The fraction of sp³-hybridized carbons (Fsp3) is 0.600. The molecule has 0 bridgehead atoms. The second-order valence-electron chi connectivity index (χ2n) is 7.28. The van der Waals surface area contributed by atoms with E-state index in [2.05, 4.69) is 5.32 Å². The molecule has 5 heteroatoms. The maximum atomic E-state index is 12.6. The summed E-state index contributed by atoms with van der Waals surface area (Å²) in [6, 6.07) is 7.51. The van der Waals surface area contributed by atoms with E-state index in [4.69, 9.17) is 11.6 Å². The van der Waals surface area contributed by atoms with Crippen molar-refractivity contribution in [1.82, 2.24) is 10.2 Å². The molecule has 3 rings (SSSR count). The molecule has 0 spiro atoms. The molecule has 25 heavy (non-hydrogen) atoms. The van der Waals surface area contributed by atoms with Gasteiger partial charge >= 0.3 is 0 Å². The van der Waals surface area contributed by atoms with Gasteiger partial charge in [-0.1, -0.05) is 43.0 Å². The van der Waals surface area contributed by atoms with Crippen molar-refractivity contribution >= 4 is 23.4 Å². The van der Waals surface area contributed by atoms with Gasteiger partial charge in [0.05, 0.1) is 0 Å². The molecule has 1 heterocycles. The molecule has 1 aliphatic carbocycles. The number of nitrogens with one attached hydrogen (secondary N) is 1. The molecule has 1 aliphatic heterocycles. The third-order valence-corrected chi connectivity index (χ3v) is 5.76. The van der Waals surface area contributed by atoms with Gasteiger partial charge in [-0.25, -0.2) is 0 Å².